The maximum atomic E-state index is 12.1. The average Bonchev–Trinajstić information content (AvgIpc) is 2.49. The van der Waals surface area contributed by atoms with E-state index in [1.54, 1.807) is 19.1 Å². The van der Waals surface area contributed by atoms with Crippen LogP contribution in [0.15, 0.2) is 48.2 Å². The third-order valence-corrected chi connectivity index (χ3v) is 4.99. The summed E-state index contributed by atoms with van der Waals surface area (Å²) in [6.07, 6.45) is 3.54. The Labute approximate surface area is 133 Å². The van der Waals surface area contributed by atoms with E-state index >= 15 is 0 Å². The standard InChI is InChI=1S/C14H16N2O6S/c1-10-3-4-11(16(17)18)9-14(10,23(15,19)20)22-13-7-5-12(21-2)6-8-13/h3-10H,1-2H3,(H2,15,19,20). The lowest BCUT2D eigenvalue weighted by atomic mass is 9.97. The first-order valence-corrected chi connectivity index (χ1v) is 8.15. The van der Waals surface area contributed by atoms with Crippen LogP contribution in [0.25, 0.3) is 0 Å². The topological polar surface area (TPSA) is 122 Å². The lowest BCUT2D eigenvalue weighted by Gasteiger charge is -2.34. The number of sulfonamides is 1. The zero-order chi connectivity index (χ0) is 17.3. The highest BCUT2D eigenvalue weighted by atomic mass is 32.2. The molecule has 1 aliphatic rings. The molecule has 1 aromatic carbocycles. The number of ether oxygens (including phenoxy) is 2. The number of rotatable bonds is 5. The molecule has 0 spiro atoms. The van der Waals surface area contributed by atoms with Gasteiger partial charge in [-0.3, -0.25) is 10.1 Å². The highest BCUT2D eigenvalue weighted by molar-refractivity contribution is 7.90. The number of benzene rings is 1. The molecule has 0 saturated carbocycles. The summed E-state index contributed by atoms with van der Waals surface area (Å²) in [7, 11) is -2.81. The third kappa shape index (κ3) is 3.20. The lowest BCUT2D eigenvalue weighted by Crippen LogP contribution is -2.52. The molecule has 124 valence electrons. The van der Waals surface area contributed by atoms with Gasteiger partial charge in [0.1, 0.15) is 11.5 Å². The van der Waals surface area contributed by atoms with Crippen molar-refractivity contribution in [2.75, 3.05) is 7.11 Å². The smallest absolute Gasteiger partial charge is 0.270 e. The first kappa shape index (κ1) is 17.0. The molecule has 23 heavy (non-hydrogen) atoms. The van der Waals surface area contributed by atoms with Crippen LogP contribution < -0.4 is 14.6 Å². The number of allylic oxidation sites excluding steroid dienone is 1. The second-order valence-electron chi connectivity index (χ2n) is 5.02. The summed E-state index contributed by atoms with van der Waals surface area (Å²) in [6, 6.07) is 6.15. The molecule has 9 heteroatoms. The maximum absolute atomic E-state index is 12.1. The van der Waals surface area contributed by atoms with Gasteiger partial charge in [0.05, 0.1) is 18.1 Å². The molecule has 0 radical (unpaired) electrons. The zero-order valence-electron chi connectivity index (χ0n) is 12.5. The van der Waals surface area contributed by atoms with Crippen molar-refractivity contribution in [1.29, 1.82) is 0 Å². The fourth-order valence-corrected chi connectivity index (χ4v) is 3.32. The molecule has 2 rings (SSSR count). The van der Waals surface area contributed by atoms with Gasteiger partial charge in [-0.05, 0) is 24.3 Å². The van der Waals surface area contributed by atoms with Crippen LogP contribution in [0, 0.1) is 16.0 Å². The second-order valence-corrected chi connectivity index (χ2v) is 6.75. The largest absolute Gasteiger partial charge is 0.497 e. The summed E-state index contributed by atoms with van der Waals surface area (Å²) < 4.78 is 34.9. The minimum absolute atomic E-state index is 0.195. The molecule has 2 unspecified atom stereocenters. The van der Waals surface area contributed by atoms with E-state index in [-0.39, 0.29) is 5.75 Å². The number of nitrogens with zero attached hydrogens (tertiary/aromatic N) is 1. The van der Waals surface area contributed by atoms with Crippen LogP contribution in [-0.2, 0) is 10.0 Å². The SMILES string of the molecule is COc1ccc(OC2(S(N)(=O)=O)C=C([N+](=O)[O-])C=CC2C)cc1. The Hall–Kier alpha value is -2.39. The van der Waals surface area contributed by atoms with Gasteiger partial charge in [-0.1, -0.05) is 13.0 Å². The molecule has 0 bridgehead atoms. The molecule has 1 aromatic rings. The van der Waals surface area contributed by atoms with E-state index < -0.39 is 31.5 Å². The third-order valence-electron chi connectivity index (χ3n) is 3.53. The Morgan fingerprint density at radius 1 is 1.26 bits per heavy atom. The molecular weight excluding hydrogens is 324 g/mol. The van der Waals surface area contributed by atoms with Crippen LogP contribution in [0.2, 0.25) is 0 Å². The summed E-state index contributed by atoms with van der Waals surface area (Å²) in [6.45, 7) is 1.55. The van der Waals surface area contributed by atoms with E-state index in [2.05, 4.69) is 0 Å². The maximum Gasteiger partial charge on any atom is 0.270 e. The number of nitrogens with two attached hydrogens (primary N) is 1. The first-order chi connectivity index (χ1) is 10.7. The van der Waals surface area contributed by atoms with Gasteiger partial charge < -0.3 is 9.47 Å². The Morgan fingerprint density at radius 3 is 2.30 bits per heavy atom. The monoisotopic (exact) mass is 340 g/mol. The molecule has 2 N–H and O–H groups in total. The summed E-state index contributed by atoms with van der Waals surface area (Å²) in [4.78, 5) is 8.24. The number of hydrogen-bond acceptors (Lipinski definition) is 6. The lowest BCUT2D eigenvalue weighted by molar-refractivity contribution is -0.420. The molecule has 0 heterocycles. The van der Waals surface area contributed by atoms with Gasteiger partial charge in [0.25, 0.3) is 20.7 Å². The van der Waals surface area contributed by atoms with Crippen LogP contribution in [0.3, 0.4) is 0 Å². The predicted molar refractivity (Wildman–Crippen MR) is 82.8 cm³/mol. The van der Waals surface area contributed by atoms with Crippen LogP contribution in [0.5, 0.6) is 11.5 Å². The predicted octanol–water partition coefficient (Wildman–Crippen LogP) is 1.43. The summed E-state index contributed by atoms with van der Waals surface area (Å²) in [5.41, 5.74) is -0.398. The Morgan fingerprint density at radius 2 is 1.83 bits per heavy atom. The van der Waals surface area contributed by atoms with E-state index in [0.29, 0.717) is 5.75 Å². The van der Waals surface area contributed by atoms with Crippen molar-refractivity contribution in [2.45, 2.75) is 11.9 Å². The Kier molecular flexibility index (Phi) is 4.44. The van der Waals surface area contributed by atoms with Crippen molar-refractivity contribution in [3.8, 4) is 11.5 Å². The normalized spacial score (nSPS) is 24.0. The highest BCUT2D eigenvalue weighted by Crippen LogP contribution is 2.36. The molecule has 0 aromatic heterocycles. The van der Waals surface area contributed by atoms with Crippen molar-refractivity contribution in [3.05, 3.63) is 58.3 Å². The molecule has 0 amide bonds. The van der Waals surface area contributed by atoms with Crippen molar-refractivity contribution in [3.63, 3.8) is 0 Å². The summed E-state index contributed by atoms with van der Waals surface area (Å²) in [5.74, 6) is 0.0318. The average molecular weight is 340 g/mol. The van der Waals surface area contributed by atoms with E-state index in [1.165, 1.54) is 31.4 Å². The molecule has 0 fully saturated rings. The molecule has 0 aliphatic heterocycles. The Balaban J connectivity index is 2.52. The van der Waals surface area contributed by atoms with Gasteiger partial charge in [-0.2, -0.15) is 0 Å². The second kappa shape index (κ2) is 6.01. The molecular formula is C14H16N2O6S. The number of primary sulfonamides is 1. The van der Waals surface area contributed by atoms with E-state index in [0.717, 1.165) is 6.08 Å². The summed E-state index contributed by atoms with van der Waals surface area (Å²) >= 11 is 0. The van der Waals surface area contributed by atoms with Gasteiger partial charge in [0, 0.05) is 12.0 Å². The fourth-order valence-electron chi connectivity index (χ4n) is 2.23. The molecule has 1 aliphatic carbocycles. The zero-order valence-corrected chi connectivity index (χ0v) is 13.3. The molecule has 8 nitrogen and oxygen atoms in total. The van der Waals surface area contributed by atoms with Crippen molar-refractivity contribution >= 4 is 10.0 Å². The number of hydrogen-bond donors (Lipinski definition) is 1. The van der Waals surface area contributed by atoms with Crippen LogP contribution in [0.4, 0.5) is 0 Å². The van der Waals surface area contributed by atoms with Crippen LogP contribution in [-0.4, -0.2) is 25.4 Å². The van der Waals surface area contributed by atoms with Gasteiger partial charge in [-0.15, -0.1) is 0 Å². The van der Waals surface area contributed by atoms with Gasteiger partial charge in [0.15, 0.2) is 0 Å². The van der Waals surface area contributed by atoms with Crippen LogP contribution in [0.1, 0.15) is 6.92 Å². The van der Waals surface area contributed by atoms with Crippen LogP contribution >= 0.6 is 0 Å². The van der Waals surface area contributed by atoms with Crippen molar-refractivity contribution < 1.29 is 22.8 Å². The number of nitro groups is 1. The summed E-state index contributed by atoms with van der Waals surface area (Å²) in [5, 5.41) is 16.3. The van der Waals surface area contributed by atoms with E-state index in [4.69, 9.17) is 14.6 Å². The Bertz CT molecular complexity index is 769. The number of methoxy groups -OCH3 is 1. The van der Waals surface area contributed by atoms with E-state index in [9.17, 15) is 18.5 Å². The van der Waals surface area contributed by atoms with Gasteiger partial charge in [-0.25, -0.2) is 13.6 Å². The molecule has 0 saturated heterocycles. The minimum atomic E-state index is -4.30. The van der Waals surface area contributed by atoms with Crippen molar-refractivity contribution in [2.24, 2.45) is 11.1 Å². The minimum Gasteiger partial charge on any atom is -0.497 e. The van der Waals surface area contributed by atoms with Crippen molar-refractivity contribution in [1.82, 2.24) is 0 Å². The highest BCUT2D eigenvalue weighted by Gasteiger charge is 2.50. The quantitative estimate of drug-likeness (QED) is 0.639. The molecule has 2 atom stereocenters. The van der Waals surface area contributed by atoms with Gasteiger partial charge >= 0.3 is 0 Å². The fraction of sp³-hybridized carbons (Fsp3) is 0.286. The van der Waals surface area contributed by atoms with E-state index in [1.807, 2.05) is 0 Å². The first-order valence-electron chi connectivity index (χ1n) is 6.60. The van der Waals surface area contributed by atoms with Gasteiger partial charge in [0.2, 0.25) is 0 Å².